The number of Topliss-reactive ketones (excluding diaryl/α,β-unsaturated/α-hetero) is 1. The number of rotatable bonds is 3. The smallest absolute Gasteiger partial charge is 0.160 e. The Morgan fingerprint density at radius 3 is 2.14 bits per heavy atom. The molecule has 0 atom stereocenters. The fourth-order valence-electron chi connectivity index (χ4n) is 5.32. The lowest BCUT2D eigenvalue weighted by molar-refractivity contribution is 0.101. The first kappa shape index (κ1) is 24.5. The monoisotopic (exact) mass is 537 g/mol. The molecular weight excluding hydrogens is 506 g/mol. The number of hydrogen-bond donors (Lipinski definition) is 0. The van der Waals surface area contributed by atoms with Gasteiger partial charge in [0.25, 0.3) is 0 Å². The van der Waals surface area contributed by atoms with Gasteiger partial charge in [0.2, 0.25) is 0 Å². The molecule has 5 rings (SSSR count). The van der Waals surface area contributed by atoms with E-state index in [1.807, 2.05) is 18.2 Å². The molecule has 1 aliphatic heterocycles. The molecule has 182 valence electrons. The Morgan fingerprint density at radius 1 is 0.806 bits per heavy atom. The second-order valence-electron chi connectivity index (χ2n) is 11.3. The molecule has 36 heavy (non-hydrogen) atoms. The van der Waals surface area contributed by atoms with Crippen LogP contribution in [0.3, 0.4) is 0 Å². The fourth-order valence-corrected chi connectivity index (χ4v) is 5.68. The SMILES string of the molecule is CC(=O)c1cc(Br)ccc1-c1ccc2c(c1)C(C)(C)c1ccccc1N2c1ccc(C(C)(C)C)cc1. The number of para-hydroxylation sites is 1. The summed E-state index contributed by atoms with van der Waals surface area (Å²) in [5.74, 6) is 0.0641. The predicted octanol–water partition coefficient (Wildman–Crippen LogP) is 9.73. The Bertz CT molecular complexity index is 1470. The van der Waals surface area contributed by atoms with Crippen LogP contribution in [-0.4, -0.2) is 5.78 Å². The normalized spacial score (nSPS) is 14.2. The summed E-state index contributed by atoms with van der Waals surface area (Å²) in [5.41, 5.74) is 10.0. The maximum Gasteiger partial charge on any atom is 0.160 e. The Hall–Kier alpha value is -3.17. The zero-order valence-electron chi connectivity index (χ0n) is 21.8. The maximum absolute atomic E-state index is 12.5. The average Bonchev–Trinajstić information content (AvgIpc) is 2.84. The van der Waals surface area contributed by atoms with Crippen molar-refractivity contribution in [3.63, 3.8) is 0 Å². The lowest BCUT2D eigenvalue weighted by Gasteiger charge is -2.42. The van der Waals surface area contributed by atoms with Crippen LogP contribution in [0.4, 0.5) is 17.1 Å². The largest absolute Gasteiger partial charge is 0.310 e. The lowest BCUT2D eigenvalue weighted by Crippen LogP contribution is -2.30. The summed E-state index contributed by atoms with van der Waals surface area (Å²) in [6, 6.07) is 30.2. The third kappa shape index (κ3) is 4.10. The van der Waals surface area contributed by atoms with Crippen molar-refractivity contribution in [1.82, 2.24) is 0 Å². The summed E-state index contributed by atoms with van der Waals surface area (Å²) >= 11 is 3.53. The second-order valence-corrected chi connectivity index (χ2v) is 12.2. The number of ketones is 1. The molecular formula is C33H32BrNO. The number of benzene rings is 4. The van der Waals surface area contributed by atoms with E-state index >= 15 is 0 Å². The van der Waals surface area contributed by atoms with E-state index in [0.29, 0.717) is 0 Å². The van der Waals surface area contributed by atoms with E-state index in [4.69, 9.17) is 0 Å². The third-order valence-electron chi connectivity index (χ3n) is 7.39. The first-order valence-corrected chi connectivity index (χ1v) is 13.2. The molecule has 0 aliphatic carbocycles. The van der Waals surface area contributed by atoms with E-state index in [2.05, 4.69) is 122 Å². The molecule has 0 fully saturated rings. The van der Waals surface area contributed by atoms with Crippen molar-refractivity contribution in [2.75, 3.05) is 4.90 Å². The Kier molecular flexibility index (Phi) is 5.95. The van der Waals surface area contributed by atoms with Gasteiger partial charge >= 0.3 is 0 Å². The number of fused-ring (bicyclic) bond motifs is 2. The number of carbonyl (C=O) groups excluding carboxylic acids is 1. The number of anilines is 3. The Morgan fingerprint density at radius 2 is 1.47 bits per heavy atom. The van der Waals surface area contributed by atoms with E-state index in [0.717, 1.165) is 26.9 Å². The third-order valence-corrected chi connectivity index (χ3v) is 7.89. The van der Waals surface area contributed by atoms with Crippen LogP contribution in [0.1, 0.15) is 68.6 Å². The van der Waals surface area contributed by atoms with E-state index in [1.165, 1.54) is 28.1 Å². The van der Waals surface area contributed by atoms with Crippen LogP contribution < -0.4 is 4.90 Å². The van der Waals surface area contributed by atoms with E-state index < -0.39 is 0 Å². The topological polar surface area (TPSA) is 20.3 Å². The predicted molar refractivity (Wildman–Crippen MR) is 155 cm³/mol. The molecule has 0 saturated heterocycles. The molecule has 0 aromatic heterocycles. The maximum atomic E-state index is 12.5. The van der Waals surface area contributed by atoms with Crippen LogP contribution in [0.25, 0.3) is 11.1 Å². The molecule has 4 aromatic rings. The van der Waals surface area contributed by atoms with Crippen LogP contribution in [0.5, 0.6) is 0 Å². The lowest BCUT2D eigenvalue weighted by atomic mass is 9.72. The summed E-state index contributed by atoms with van der Waals surface area (Å²) in [6.07, 6.45) is 0. The number of halogens is 1. The zero-order chi connectivity index (χ0) is 25.8. The summed E-state index contributed by atoms with van der Waals surface area (Å²) in [5, 5.41) is 0. The molecule has 3 heteroatoms. The molecule has 0 N–H and O–H groups in total. The van der Waals surface area contributed by atoms with Crippen LogP contribution in [0, 0.1) is 0 Å². The average molecular weight is 539 g/mol. The highest BCUT2D eigenvalue weighted by atomic mass is 79.9. The molecule has 0 amide bonds. The Balaban J connectivity index is 1.72. The quantitative estimate of drug-likeness (QED) is 0.242. The minimum absolute atomic E-state index is 0.0641. The summed E-state index contributed by atoms with van der Waals surface area (Å²) in [4.78, 5) is 14.9. The van der Waals surface area contributed by atoms with Gasteiger partial charge < -0.3 is 4.90 Å². The summed E-state index contributed by atoms with van der Waals surface area (Å²) in [7, 11) is 0. The molecule has 1 aliphatic rings. The first-order valence-electron chi connectivity index (χ1n) is 12.4. The van der Waals surface area contributed by atoms with E-state index in [9.17, 15) is 4.79 Å². The van der Waals surface area contributed by atoms with Gasteiger partial charge in [-0.1, -0.05) is 93.0 Å². The van der Waals surface area contributed by atoms with Crippen molar-refractivity contribution >= 4 is 38.8 Å². The van der Waals surface area contributed by atoms with Crippen molar-refractivity contribution in [3.05, 3.63) is 112 Å². The van der Waals surface area contributed by atoms with E-state index in [-0.39, 0.29) is 16.6 Å². The van der Waals surface area contributed by atoms with Crippen molar-refractivity contribution in [2.45, 2.75) is 52.4 Å². The Labute approximate surface area is 223 Å². The molecule has 0 bridgehead atoms. The molecule has 1 heterocycles. The highest BCUT2D eigenvalue weighted by molar-refractivity contribution is 9.10. The van der Waals surface area contributed by atoms with Gasteiger partial charge in [-0.2, -0.15) is 0 Å². The van der Waals surface area contributed by atoms with Crippen LogP contribution in [-0.2, 0) is 10.8 Å². The van der Waals surface area contributed by atoms with Crippen molar-refractivity contribution in [2.24, 2.45) is 0 Å². The molecule has 0 radical (unpaired) electrons. The fraction of sp³-hybridized carbons (Fsp3) is 0.242. The molecule has 0 spiro atoms. The summed E-state index contributed by atoms with van der Waals surface area (Å²) in [6.45, 7) is 13.0. The second kappa shape index (κ2) is 8.74. The van der Waals surface area contributed by atoms with Gasteiger partial charge in [-0.3, -0.25) is 4.79 Å². The molecule has 0 unspecified atom stereocenters. The van der Waals surface area contributed by atoms with Gasteiger partial charge in [-0.25, -0.2) is 0 Å². The highest BCUT2D eigenvalue weighted by Gasteiger charge is 2.37. The van der Waals surface area contributed by atoms with Crippen LogP contribution in [0.2, 0.25) is 0 Å². The van der Waals surface area contributed by atoms with Crippen LogP contribution >= 0.6 is 15.9 Å². The standard InChI is InChI=1S/C33H32BrNO/c1-21(36)27-20-24(34)14-17-26(27)22-11-18-31-29(19-22)33(5,6)28-9-7-8-10-30(28)35(31)25-15-12-23(13-16-25)32(2,3)4/h7-20H,1-6H3. The number of nitrogens with zero attached hydrogens (tertiary/aromatic N) is 1. The molecule has 4 aromatic carbocycles. The van der Waals surface area contributed by atoms with Crippen molar-refractivity contribution in [3.8, 4) is 11.1 Å². The zero-order valence-corrected chi connectivity index (χ0v) is 23.4. The van der Waals surface area contributed by atoms with Crippen molar-refractivity contribution < 1.29 is 4.79 Å². The highest BCUT2D eigenvalue weighted by Crippen LogP contribution is 2.52. The van der Waals surface area contributed by atoms with E-state index in [1.54, 1.807) is 6.92 Å². The van der Waals surface area contributed by atoms with Crippen molar-refractivity contribution in [1.29, 1.82) is 0 Å². The van der Waals surface area contributed by atoms with Gasteiger partial charge in [0.1, 0.15) is 0 Å². The molecule has 2 nitrogen and oxygen atoms in total. The number of hydrogen-bond acceptors (Lipinski definition) is 2. The van der Waals surface area contributed by atoms with Crippen LogP contribution in [0.15, 0.2) is 89.4 Å². The van der Waals surface area contributed by atoms with Gasteiger partial charge in [-0.15, -0.1) is 0 Å². The van der Waals surface area contributed by atoms with Gasteiger partial charge in [0.15, 0.2) is 5.78 Å². The summed E-state index contributed by atoms with van der Waals surface area (Å²) < 4.78 is 0.911. The first-order chi connectivity index (χ1) is 17.0. The minimum Gasteiger partial charge on any atom is -0.310 e. The van der Waals surface area contributed by atoms with Gasteiger partial charge in [0, 0.05) is 21.1 Å². The molecule has 0 saturated carbocycles. The minimum atomic E-state index is -0.199. The number of carbonyl (C=O) groups is 1. The van der Waals surface area contributed by atoms with Gasteiger partial charge in [0.05, 0.1) is 11.4 Å². The van der Waals surface area contributed by atoms with Gasteiger partial charge in [-0.05, 0) is 82.6 Å².